The third-order valence-corrected chi connectivity index (χ3v) is 9.86. The van der Waals surface area contributed by atoms with Gasteiger partial charge in [-0.3, -0.25) is 0 Å². The Labute approximate surface area is 305 Å². The molecule has 15 atom stereocenters. The van der Waals surface area contributed by atoms with Crippen molar-refractivity contribution in [3.8, 4) is 40.1 Å². The van der Waals surface area contributed by atoms with Gasteiger partial charge >= 0.3 is 11.3 Å². The first-order valence-electron chi connectivity index (χ1n) is 16.9. The Kier molecular flexibility index (Phi) is 12.0. The van der Waals surface area contributed by atoms with E-state index in [2.05, 4.69) is 0 Å². The van der Waals surface area contributed by atoms with Crippen LogP contribution >= 0.6 is 0 Å². The van der Waals surface area contributed by atoms with Crippen molar-refractivity contribution in [3.63, 3.8) is 0 Å². The fourth-order valence-corrected chi connectivity index (χ4v) is 6.72. The summed E-state index contributed by atoms with van der Waals surface area (Å²) >= 11 is 0. The Hall–Kier alpha value is -3.71. The molecule has 2 aromatic carbocycles. The smallest absolute Gasteiger partial charge is 0.402 e. The van der Waals surface area contributed by atoms with E-state index >= 15 is 0 Å². The van der Waals surface area contributed by atoms with Crippen LogP contribution < -0.4 is 9.47 Å². The first kappa shape index (κ1) is 40.0. The van der Waals surface area contributed by atoms with E-state index < -0.39 is 129 Å². The summed E-state index contributed by atoms with van der Waals surface area (Å²) in [6.45, 7) is -2.21. The highest BCUT2D eigenvalue weighted by atomic mass is 16.8. The molecule has 298 valence electrons. The highest BCUT2D eigenvalue weighted by molar-refractivity contribution is 5.89. The van der Waals surface area contributed by atoms with Crippen LogP contribution in [0.4, 0.5) is 0 Å². The van der Waals surface area contributed by atoms with Gasteiger partial charge in [0.25, 0.3) is 0 Å². The Balaban J connectivity index is 1.44. The second kappa shape index (κ2) is 16.2. The molecule has 0 amide bonds. The van der Waals surface area contributed by atoms with Gasteiger partial charge in [0.15, 0.2) is 23.9 Å². The van der Waals surface area contributed by atoms with Crippen LogP contribution in [-0.2, 0) is 14.2 Å². The van der Waals surface area contributed by atoms with Crippen LogP contribution in [0.3, 0.4) is 0 Å². The predicted molar refractivity (Wildman–Crippen MR) is 176 cm³/mol. The van der Waals surface area contributed by atoms with Crippen LogP contribution in [0.25, 0.3) is 22.3 Å². The largest absolute Gasteiger partial charge is 0.507 e. The van der Waals surface area contributed by atoms with Gasteiger partial charge in [0.1, 0.15) is 77.9 Å². The zero-order valence-corrected chi connectivity index (χ0v) is 28.2. The minimum atomic E-state index is -1.96. The molecule has 20 heteroatoms. The fraction of sp³-hybridized carbons (Fsp3) is 0.559. The van der Waals surface area contributed by atoms with Gasteiger partial charge in [-0.25, -0.2) is 4.42 Å². The van der Waals surface area contributed by atoms with E-state index in [-0.39, 0.29) is 40.2 Å². The molecule has 2 aliphatic heterocycles. The summed E-state index contributed by atoms with van der Waals surface area (Å²) in [5.74, 6) is -3.06. The van der Waals surface area contributed by atoms with E-state index in [4.69, 9.17) is 28.1 Å². The lowest BCUT2D eigenvalue weighted by Gasteiger charge is -2.45. The molecule has 1 saturated carbocycles. The second-order valence-corrected chi connectivity index (χ2v) is 13.4. The topological polar surface area (TPSA) is 341 Å². The van der Waals surface area contributed by atoms with Crippen molar-refractivity contribution >= 4 is 11.0 Å². The summed E-state index contributed by atoms with van der Waals surface area (Å²) in [6, 6.07) is 7.10. The number of fused-ring (bicyclic) bond motifs is 1. The standard InChI is InChI=1S/C34H42O20/c35-8-12-4-19(24(42)27(45)23(12)41)49-17-5-13(38)6-18-14(17)7-20(31(50-18)11-1-2-15(39)16(40)3-11)51-34-32(29(47)26(44)22(10-37)53-34)54-33-30(48)28(46)25(43)21(9-36)52-33/h1-3,5-7,12,19,21-30,32-37,41-48H,4,8-10H2,(H2-,38,39,40)/p+1/t12-,19-,21+,22+,23-,24+,25+,26+,27+,28-,29-,30+,32+,33-,34-/m1/s1. The first-order chi connectivity index (χ1) is 25.7. The van der Waals surface area contributed by atoms with Gasteiger partial charge in [-0.05, 0) is 18.6 Å². The number of ether oxygens (including phenoxy) is 5. The Morgan fingerprint density at radius 1 is 0.611 bits per heavy atom. The molecule has 20 nitrogen and oxygen atoms in total. The van der Waals surface area contributed by atoms with Crippen molar-refractivity contribution in [1.29, 1.82) is 0 Å². The van der Waals surface area contributed by atoms with Crippen molar-refractivity contribution < 1.29 is 99.6 Å². The average molecular weight is 772 g/mol. The van der Waals surface area contributed by atoms with Crippen LogP contribution in [0.1, 0.15) is 6.42 Å². The maximum absolute atomic E-state index is 11.2. The van der Waals surface area contributed by atoms with Crippen molar-refractivity contribution in [2.45, 2.75) is 92.2 Å². The first-order valence-corrected chi connectivity index (χ1v) is 16.9. The van der Waals surface area contributed by atoms with Crippen LogP contribution in [0.15, 0.2) is 40.8 Å². The maximum Gasteiger partial charge on any atom is 0.402 e. The molecule has 54 heavy (non-hydrogen) atoms. The van der Waals surface area contributed by atoms with E-state index in [0.717, 1.165) is 18.2 Å². The lowest BCUT2D eigenvalue weighted by atomic mass is 9.81. The van der Waals surface area contributed by atoms with E-state index in [9.17, 15) is 71.5 Å². The summed E-state index contributed by atoms with van der Waals surface area (Å²) in [7, 11) is 0. The number of phenols is 3. The molecule has 3 fully saturated rings. The molecule has 0 unspecified atom stereocenters. The summed E-state index contributed by atoms with van der Waals surface area (Å²) in [4.78, 5) is 0. The molecule has 1 aromatic heterocycles. The monoisotopic (exact) mass is 771 g/mol. The predicted octanol–water partition coefficient (Wildman–Crippen LogP) is -3.66. The van der Waals surface area contributed by atoms with Crippen LogP contribution in [-0.4, -0.2) is 177 Å². The van der Waals surface area contributed by atoms with Crippen molar-refractivity contribution in [2.75, 3.05) is 19.8 Å². The minimum Gasteiger partial charge on any atom is -0.507 e. The van der Waals surface area contributed by atoms with Gasteiger partial charge in [0.05, 0.1) is 30.9 Å². The lowest BCUT2D eigenvalue weighted by molar-refractivity contribution is -0.357. The number of aliphatic hydroxyl groups excluding tert-OH is 11. The average Bonchev–Trinajstić information content (AvgIpc) is 3.15. The quantitative estimate of drug-likeness (QED) is 0.0698. The highest BCUT2D eigenvalue weighted by Crippen LogP contribution is 2.44. The van der Waals surface area contributed by atoms with Gasteiger partial charge in [-0.2, -0.15) is 0 Å². The fourth-order valence-electron chi connectivity index (χ4n) is 6.72. The summed E-state index contributed by atoms with van der Waals surface area (Å²) in [6.07, 6.45) is -24.0. The van der Waals surface area contributed by atoms with E-state index in [1.807, 2.05) is 0 Å². The van der Waals surface area contributed by atoms with Crippen LogP contribution in [0.5, 0.6) is 28.7 Å². The maximum atomic E-state index is 11.2. The molecule has 1 aliphatic carbocycles. The van der Waals surface area contributed by atoms with Crippen molar-refractivity contribution in [2.24, 2.45) is 5.92 Å². The molecular formula is C34H43O20+. The molecule has 3 aliphatic rings. The lowest BCUT2D eigenvalue weighted by Crippen LogP contribution is -2.65. The molecule has 3 aromatic rings. The number of rotatable bonds is 10. The molecule has 0 bridgehead atoms. The highest BCUT2D eigenvalue weighted by Gasteiger charge is 2.52. The zero-order chi connectivity index (χ0) is 39.2. The molecule has 2 saturated heterocycles. The Morgan fingerprint density at radius 2 is 1.26 bits per heavy atom. The molecule has 6 rings (SSSR count). The third-order valence-electron chi connectivity index (χ3n) is 9.86. The number of hydrogen-bond donors (Lipinski definition) is 14. The van der Waals surface area contributed by atoms with E-state index in [1.54, 1.807) is 0 Å². The van der Waals surface area contributed by atoms with Gasteiger partial charge in [-0.15, -0.1) is 0 Å². The molecule has 0 spiro atoms. The SMILES string of the molecule is OC[C@H]1C[C@@H](Oc2cc(O)cc3[o+]c(-c4ccc(O)c(O)c4)c(O[C@@H]4O[C@@H](CO)[C@H](O)[C@@H](O)[C@@H]4O[C@H]4O[C@@H](CO)[C@H](O)[C@@H](O)[C@@H]4O)cc23)[C@H](O)[C@@H](O)[C@@H]1O. The second-order valence-electron chi connectivity index (χ2n) is 13.4. The molecular weight excluding hydrogens is 728 g/mol. The van der Waals surface area contributed by atoms with Crippen LogP contribution in [0, 0.1) is 5.92 Å². The van der Waals surface area contributed by atoms with Gasteiger partial charge in [-0.1, -0.05) is 0 Å². The van der Waals surface area contributed by atoms with Gasteiger partial charge in [0, 0.05) is 30.7 Å². The number of aliphatic hydroxyl groups is 11. The number of hydrogen-bond acceptors (Lipinski definition) is 19. The summed E-state index contributed by atoms with van der Waals surface area (Å²) < 4.78 is 35.3. The van der Waals surface area contributed by atoms with E-state index in [1.165, 1.54) is 18.2 Å². The molecule has 3 heterocycles. The molecule has 14 N–H and O–H groups in total. The zero-order valence-electron chi connectivity index (χ0n) is 28.2. The van der Waals surface area contributed by atoms with Gasteiger partial charge < -0.3 is 95.2 Å². The van der Waals surface area contributed by atoms with Crippen LogP contribution in [0.2, 0.25) is 0 Å². The normalized spacial score (nSPS) is 37.3. The van der Waals surface area contributed by atoms with Gasteiger partial charge in [0.2, 0.25) is 12.0 Å². The van der Waals surface area contributed by atoms with E-state index in [0.29, 0.717) is 0 Å². The molecule has 0 radical (unpaired) electrons. The Morgan fingerprint density at radius 3 is 1.91 bits per heavy atom. The summed E-state index contributed by atoms with van der Waals surface area (Å²) in [5.41, 5.74) is -0.0352. The number of aromatic hydroxyl groups is 3. The third kappa shape index (κ3) is 7.59. The minimum absolute atomic E-state index is 0.0319. The Bertz CT molecular complexity index is 1760. The summed E-state index contributed by atoms with van der Waals surface area (Å²) in [5, 5.41) is 145. The number of phenolic OH excluding ortho intramolecular Hbond substituents is 3. The van der Waals surface area contributed by atoms with Crippen molar-refractivity contribution in [1.82, 2.24) is 0 Å². The van der Waals surface area contributed by atoms with Crippen molar-refractivity contribution in [3.05, 3.63) is 36.4 Å². The number of benzene rings is 2.